The highest BCUT2D eigenvalue weighted by atomic mass is 16.6. The third-order valence-electron chi connectivity index (χ3n) is 5.47. The van der Waals surface area contributed by atoms with E-state index in [1.165, 1.54) is 17.0 Å². The zero-order valence-corrected chi connectivity index (χ0v) is 16.7. The molecule has 3 N–H and O–H groups in total. The maximum absolute atomic E-state index is 12.8. The molecule has 2 aliphatic heterocycles. The number of ether oxygens (including phenoxy) is 1. The van der Waals surface area contributed by atoms with E-state index in [4.69, 9.17) is 4.74 Å². The standard InChI is InChI=1S/C20H26N4O5/c1-3-29-19(25)17-16(12-23-9-7-13(2)8-10-23)21-20(26)22-18(17)14-5-4-6-15(11-14)24(27)28/h4-6,11,13,18H,3,7-10,12H2,1-2H3,(H2,21,22,26)/p+1/t18-/m1/s1. The monoisotopic (exact) mass is 403 g/mol. The summed E-state index contributed by atoms with van der Waals surface area (Å²) in [5.41, 5.74) is 1.19. The maximum atomic E-state index is 12.8. The number of carbonyl (C=O) groups excluding carboxylic acids is 2. The molecule has 3 rings (SSSR count). The van der Waals surface area contributed by atoms with Gasteiger partial charge in [-0.25, -0.2) is 9.59 Å². The molecular formula is C20H27N4O5+. The van der Waals surface area contributed by atoms with Crippen LogP contribution in [0.4, 0.5) is 10.5 Å². The number of non-ortho nitro benzene ring substituents is 1. The first-order valence-electron chi connectivity index (χ1n) is 9.94. The van der Waals surface area contributed by atoms with E-state index in [2.05, 4.69) is 17.6 Å². The second-order valence-electron chi connectivity index (χ2n) is 7.61. The second-order valence-corrected chi connectivity index (χ2v) is 7.61. The van der Waals surface area contributed by atoms with E-state index in [-0.39, 0.29) is 12.3 Å². The van der Waals surface area contributed by atoms with Crippen molar-refractivity contribution in [2.45, 2.75) is 32.7 Å². The molecule has 2 amide bonds. The van der Waals surface area contributed by atoms with Gasteiger partial charge < -0.3 is 20.3 Å². The number of hydrogen-bond acceptors (Lipinski definition) is 5. The molecule has 29 heavy (non-hydrogen) atoms. The lowest BCUT2D eigenvalue weighted by Gasteiger charge is -2.32. The Balaban J connectivity index is 1.98. The number of hydrogen-bond donors (Lipinski definition) is 3. The van der Waals surface area contributed by atoms with Crippen molar-refractivity contribution in [3.8, 4) is 0 Å². The van der Waals surface area contributed by atoms with Crippen LogP contribution in [-0.4, -0.2) is 43.2 Å². The van der Waals surface area contributed by atoms with Crippen molar-refractivity contribution in [3.63, 3.8) is 0 Å². The Morgan fingerprint density at radius 3 is 2.72 bits per heavy atom. The van der Waals surface area contributed by atoms with Crippen molar-refractivity contribution in [2.24, 2.45) is 5.92 Å². The first kappa shape index (κ1) is 20.8. The molecule has 1 aromatic rings. The first-order valence-corrected chi connectivity index (χ1v) is 9.94. The van der Waals surface area contributed by atoms with Crippen LogP contribution in [0.5, 0.6) is 0 Å². The lowest BCUT2D eigenvalue weighted by Crippen LogP contribution is -3.13. The third-order valence-corrected chi connectivity index (χ3v) is 5.47. The fraction of sp³-hybridized carbons (Fsp3) is 0.500. The number of nitrogens with one attached hydrogen (secondary N) is 3. The third kappa shape index (κ3) is 4.92. The molecule has 2 aliphatic rings. The molecule has 1 atom stereocenters. The largest absolute Gasteiger partial charge is 0.463 e. The lowest BCUT2D eigenvalue weighted by molar-refractivity contribution is -0.901. The molecule has 0 spiro atoms. The Morgan fingerprint density at radius 1 is 1.34 bits per heavy atom. The SMILES string of the molecule is CCOC(=O)C1=C(C[NH+]2CCC(C)CC2)NC(=O)N[C@@H]1c1cccc([N+](=O)[O-])c1. The number of likely N-dealkylation sites (tertiary alicyclic amines) is 1. The van der Waals surface area contributed by atoms with Gasteiger partial charge in [0.2, 0.25) is 0 Å². The zero-order chi connectivity index (χ0) is 21.0. The van der Waals surface area contributed by atoms with E-state index in [0.29, 0.717) is 29.3 Å². The van der Waals surface area contributed by atoms with E-state index >= 15 is 0 Å². The molecule has 9 nitrogen and oxygen atoms in total. The Kier molecular flexibility index (Phi) is 6.48. The molecule has 0 saturated carbocycles. The summed E-state index contributed by atoms with van der Waals surface area (Å²) in [6.07, 6.45) is 2.19. The van der Waals surface area contributed by atoms with Crippen molar-refractivity contribution >= 4 is 17.7 Å². The van der Waals surface area contributed by atoms with Crippen LogP contribution < -0.4 is 15.5 Å². The Bertz CT molecular complexity index is 830. The van der Waals surface area contributed by atoms with Crippen LogP contribution in [0.15, 0.2) is 35.5 Å². The van der Waals surface area contributed by atoms with Gasteiger partial charge in [-0.05, 0) is 31.2 Å². The number of amides is 2. The number of carbonyl (C=O) groups is 2. The van der Waals surface area contributed by atoms with Gasteiger partial charge in [-0.2, -0.15) is 0 Å². The van der Waals surface area contributed by atoms with E-state index in [0.717, 1.165) is 25.9 Å². The normalized spacial score (nSPS) is 24.5. The summed E-state index contributed by atoms with van der Waals surface area (Å²) in [6.45, 7) is 6.56. The number of nitrogens with zero attached hydrogens (tertiary/aromatic N) is 1. The van der Waals surface area contributed by atoms with Gasteiger partial charge in [-0.3, -0.25) is 10.1 Å². The molecule has 156 valence electrons. The van der Waals surface area contributed by atoms with Crippen LogP contribution in [0.1, 0.15) is 38.3 Å². The number of nitro groups is 1. The van der Waals surface area contributed by atoms with Gasteiger partial charge in [0.25, 0.3) is 5.69 Å². The van der Waals surface area contributed by atoms with Crippen molar-refractivity contribution in [2.75, 3.05) is 26.2 Å². The summed E-state index contributed by atoms with van der Waals surface area (Å²) < 4.78 is 5.25. The van der Waals surface area contributed by atoms with Gasteiger partial charge in [0.15, 0.2) is 0 Å². The summed E-state index contributed by atoms with van der Waals surface area (Å²) in [5, 5.41) is 16.7. The smallest absolute Gasteiger partial charge is 0.338 e. The van der Waals surface area contributed by atoms with E-state index in [1.807, 2.05) is 0 Å². The molecule has 1 fully saturated rings. The first-order chi connectivity index (χ1) is 13.9. The minimum atomic E-state index is -0.805. The van der Waals surface area contributed by atoms with Crippen LogP contribution in [0.3, 0.4) is 0 Å². The lowest BCUT2D eigenvalue weighted by atomic mass is 9.94. The van der Waals surface area contributed by atoms with Crippen LogP contribution in [0, 0.1) is 16.0 Å². The molecule has 0 radical (unpaired) electrons. The average Bonchev–Trinajstić information content (AvgIpc) is 2.69. The molecule has 0 aromatic heterocycles. The average molecular weight is 403 g/mol. The molecule has 2 heterocycles. The van der Waals surface area contributed by atoms with Crippen LogP contribution in [0.25, 0.3) is 0 Å². The highest BCUT2D eigenvalue weighted by molar-refractivity contribution is 5.95. The minimum Gasteiger partial charge on any atom is -0.463 e. The molecule has 0 bridgehead atoms. The molecular weight excluding hydrogens is 376 g/mol. The van der Waals surface area contributed by atoms with Gasteiger partial charge >= 0.3 is 12.0 Å². The van der Waals surface area contributed by atoms with Gasteiger partial charge in [0.1, 0.15) is 6.54 Å². The topological polar surface area (TPSA) is 115 Å². The minimum absolute atomic E-state index is 0.101. The summed E-state index contributed by atoms with van der Waals surface area (Å²) in [4.78, 5) is 37.1. The number of esters is 1. The van der Waals surface area contributed by atoms with Crippen molar-refractivity contribution in [3.05, 3.63) is 51.2 Å². The van der Waals surface area contributed by atoms with E-state index < -0.39 is 23.0 Å². The second kappa shape index (κ2) is 9.04. The summed E-state index contributed by atoms with van der Waals surface area (Å²) in [7, 11) is 0. The molecule has 0 unspecified atom stereocenters. The zero-order valence-electron chi connectivity index (χ0n) is 16.7. The van der Waals surface area contributed by atoms with Gasteiger partial charge in [0, 0.05) is 12.1 Å². The van der Waals surface area contributed by atoms with Gasteiger partial charge in [-0.1, -0.05) is 19.1 Å². The van der Waals surface area contributed by atoms with Gasteiger partial charge in [0.05, 0.1) is 41.9 Å². The van der Waals surface area contributed by atoms with Crippen LogP contribution in [-0.2, 0) is 9.53 Å². The highest BCUT2D eigenvalue weighted by Crippen LogP contribution is 2.29. The van der Waals surface area contributed by atoms with E-state index in [9.17, 15) is 19.7 Å². The van der Waals surface area contributed by atoms with Gasteiger partial charge in [-0.15, -0.1) is 0 Å². The van der Waals surface area contributed by atoms with Crippen molar-refractivity contribution < 1.29 is 24.1 Å². The number of rotatable bonds is 6. The molecule has 1 saturated heterocycles. The quantitative estimate of drug-likeness (QED) is 0.374. The molecule has 1 aromatic carbocycles. The number of quaternary nitrogens is 1. The van der Waals surface area contributed by atoms with E-state index in [1.54, 1.807) is 19.1 Å². The van der Waals surface area contributed by atoms with Crippen LogP contribution >= 0.6 is 0 Å². The van der Waals surface area contributed by atoms with Crippen molar-refractivity contribution in [1.82, 2.24) is 10.6 Å². The number of nitro benzene ring substituents is 1. The summed E-state index contributed by atoms with van der Waals surface area (Å²) in [6, 6.07) is 4.72. The molecule has 9 heteroatoms. The number of piperidine rings is 1. The van der Waals surface area contributed by atoms with Crippen LogP contribution in [0.2, 0.25) is 0 Å². The number of urea groups is 1. The predicted octanol–water partition coefficient (Wildman–Crippen LogP) is 1.08. The Morgan fingerprint density at radius 2 is 2.07 bits per heavy atom. The molecule has 0 aliphatic carbocycles. The highest BCUT2D eigenvalue weighted by Gasteiger charge is 2.36. The number of benzene rings is 1. The predicted molar refractivity (Wildman–Crippen MR) is 105 cm³/mol. The fourth-order valence-corrected chi connectivity index (χ4v) is 3.87. The summed E-state index contributed by atoms with van der Waals surface area (Å²) >= 11 is 0. The Labute approximate surface area is 169 Å². The maximum Gasteiger partial charge on any atom is 0.338 e. The summed E-state index contributed by atoms with van der Waals surface area (Å²) in [5.74, 6) is 0.147. The fourth-order valence-electron chi connectivity index (χ4n) is 3.87. The van der Waals surface area contributed by atoms with Crippen molar-refractivity contribution in [1.29, 1.82) is 0 Å². The Hall–Kier alpha value is -2.94.